The van der Waals surface area contributed by atoms with Crippen molar-refractivity contribution >= 4 is 17.5 Å². The molecule has 0 saturated heterocycles. The van der Waals surface area contributed by atoms with Crippen molar-refractivity contribution in [3.05, 3.63) is 89.5 Å². The maximum absolute atomic E-state index is 12.7. The van der Waals surface area contributed by atoms with Crippen molar-refractivity contribution < 1.29 is 14.1 Å². The third kappa shape index (κ3) is 2.73. The summed E-state index contributed by atoms with van der Waals surface area (Å²) in [4.78, 5) is 31.1. The smallest absolute Gasteiger partial charge is 0.266 e. The second-order valence-electron chi connectivity index (χ2n) is 6.78. The van der Waals surface area contributed by atoms with E-state index >= 15 is 0 Å². The number of carbonyl (C=O) groups excluding carboxylic acids is 2. The minimum atomic E-state index is -0.339. The predicted molar refractivity (Wildman–Crippen MR) is 107 cm³/mol. The van der Waals surface area contributed by atoms with Gasteiger partial charge in [-0.15, -0.1) is 0 Å². The van der Waals surface area contributed by atoms with Gasteiger partial charge in [-0.25, -0.2) is 4.90 Å². The molecule has 1 aliphatic heterocycles. The quantitative estimate of drug-likeness (QED) is 0.488. The molecule has 3 aromatic carbocycles. The fraction of sp³-hybridized carbons (Fsp3) is 0.0435. The fourth-order valence-electron chi connectivity index (χ4n) is 3.48. The molecule has 0 radical (unpaired) electrons. The van der Waals surface area contributed by atoms with Crippen molar-refractivity contribution in [1.29, 1.82) is 0 Å². The molecule has 0 aliphatic carbocycles. The van der Waals surface area contributed by atoms with Crippen LogP contribution in [0.2, 0.25) is 0 Å². The van der Waals surface area contributed by atoms with Gasteiger partial charge in [0.15, 0.2) is 0 Å². The van der Waals surface area contributed by atoms with Gasteiger partial charge in [0.05, 0.1) is 16.8 Å². The van der Waals surface area contributed by atoms with Gasteiger partial charge in [0.2, 0.25) is 5.82 Å². The van der Waals surface area contributed by atoms with E-state index in [-0.39, 0.29) is 11.8 Å². The van der Waals surface area contributed by atoms with Gasteiger partial charge in [-0.1, -0.05) is 47.6 Å². The second-order valence-corrected chi connectivity index (χ2v) is 6.78. The minimum absolute atomic E-state index is 0.321. The van der Waals surface area contributed by atoms with Gasteiger partial charge < -0.3 is 4.52 Å². The first-order valence-electron chi connectivity index (χ1n) is 9.11. The van der Waals surface area contributed by atoms with E-state index in [0.717, 1.165) is 11.1 Å². The maximum atomic E-state index is 12.7. The van der Waals surface area contributed by atoms with Crippen LogP contribution in [0.25, 0.3) is 22.8 Å². The van der Waals surface area contributed by atoms with Crippen molar-refractivity contribution in [2.24, 2.45) is 0 Å². The zero-order chi connectivity index (χ0) is 20.0. The van der Waals surface area contributed by atoms with Gasteiger partial charge in [0.1, 0.15) is 0 Å². The molecule has 6 nitrogen and oxygen atoms in total. The Morgan fingerprint density at radius 3 is 2.14 bits per heavy atom. The van der Waals surface area contributed by atoms with Crippen molar-refractivity contribution in [2.75, 3.05) is 4.90 Å². The summed E-state index contributed by atoms with van der Waals surface area (Å²) in [5, 5.41) is 4.08. The van der Waals surface area contributed by atoms with Crippen LogP contribution in [-0.2, 0) is 0 Å². The summed E-state index contributed by atoms with van der Waals surface area (Å²) in [6, 6.07) is 21.6. The average Bonchev–Trinajstić information content (AvgIpc) is 3.33. The standard InChI is InChI=1S/C23H15N3O3/c1-14-7-2-3-10-17(14)20-24-21(29-25-20)15-8-6-9-16(13-15)26-22(27)18-11-4-5-12-19(18)23(26)28/h2-13H,1H3. The first-order valence-corrected chi connectivity index (χ1v) is 9.11. The first kappa shape index (κ1) is 17.1. The van der Waals surface area contributed by atoms with E-state index in [4.69, 9.17) is 4.52 Å². The highest BCUT2D eigenvalue weighted by Crippen LogP contribution is 2.31. The Balaban J connectivity index is 1.51. The lowest BCUT2D eigenvalue weighted by Gasteiger charge is -2.14. The Morgan fingerprint density at radius 1 is 0.793 bits per heavy atom. The second kappa shape index (κ2) is 6.53. The Kier molecular flexibility index (Phi) is 3.84. The van der Waals surface area contributed by atoms with E-state index in [0.29, 0.717) is 34.1 Å². The Hall–Kier alpha value is -4.06. The fourth-order valence-corrected chi connectivity index (χ4v) is 3.48. The largest absolute Gasteiger partial charge is 0.334 e. The minimum Gasteiger partial charge on any atom is -0.334 e. The van der Waals surface area contributed by atoms with Crippen LogP contribution in [0.5, 0.6) is 0 Å². The number of aryl methyl sites for hydroxylation is 1. The molecule has 0 bridgehead atoms. The van der Waals surface area contributed by atoms with Crippen LogP contribution in [-0.4, -0.2) is 22.0 Å². The molecule has 0 saturated carbocycles. The number of hydrogen-bond acceptors (Lipinski definition) is 5. The molecular formula is C23H15N3O3. The van der Waals surface area contributed by atoms with Crippen molar-refractivity contribution in [3.63, 3.8) is 0 Å². The number of benzene rings is 3. The Labute approximate surface area is 166 Å². The molecule has 2 amide bonds. The summed E-state index contributed by atoms with van der Waals surface area (Å²) in [7, 11) is 0. The molecule has 4 aromatic rings. The number of hydrogen-bond donors (Lipinski definition) is 0. The van der Waals surface area contributed by atoms with Crippen LogP contribution in [0.4, 0.5) is 5.69 Å². The van der Waals surface area contributed by atoms with E-state index in [2.05, 4.69) is 10.1 Å². The highest BCUT2D eigenvalue weighted by Gasteiger charge is 2.36. The molecule has 0 N–H and O–H groups in total. The number of aromatic nitrogens is 2. The molecule has 140 valence electrons. The Morgan fingerprint density at radius 2 is 1.45 bits per heavy atom. The normalized spacial score (nSPS) is 13.1. The maximum Gasteiger partial charge on any atom is 0.266 e. The molecule has 6 heteroatoms. The zero-order valence-electron chi connectivity index (χ0n) is 15.5. The number of carbonyl (C=O) groups is 2. The van der Waals surface area contributed by atoms with Crippen molar-refractivity contribution in [3.8, 4) is 22.8 Å². The van der Waals surface area contributed by atoms with E-state index < -0.39 is 0 Å². The van der Waals surface area contributed by atoms with Gasteiger partial charge in [-0.05, 0) is 42.8 Å². The lowest BCUT2D eigenvalue weighted by Crippen LogP contribution is -2.29. The van der Waals surface area contributed by atoms with Crippen LogP contribution in [0.1, 0.15) is 26.3 Å². The third-order valence-corrected chi connectivity index (χ3v) is 4.96. The molecule has 2 heterocycles. The SMILES string of the molecule is Cc1ccccc1-c1noc(-c2cccc(N3C(=O)c4ccccc4C3=O)c2)n1. The summed E-state index contributed by atoms with van der Waals surface area (Å²) in [5.41, 5.74) is 3.83. The van der Waals surface area contributed by atoms with Crippen LogP contribution in [0.15, 0.2) is 77.3 Å². The number of fused-ring (bicyclic) bond motifs is 1. The van der Waals surface area contributed by atoms with E-state index in [9.17, 15) is 9.59 Å². The summed E-state index contributed by atoms with van der Waals surface area (Å²) in [6.07, 6.45) is 0. The predicted octanol–water partition coefficient (Wildman–Crippen LogP) is 4.51. The van der Waals surface area contributed by atoms with Crippen LogP contribution in [0, 0.1) is 6.92 Å². The molecule has 0 fully saturated rings. The lowest BCUT2D eigenvalue weighted by molar-refractivity contribution is 0.0926. The number of imide groups is 1. The summed E-state index contributed by atoms with van der Waals surface area (Å²) >= 11 is 0. The van der Waals surface area contributed by atoms with E-state index in [1.54, 1.807) is 48.5 Å². The zero-order valence-corrected chi connectivity index (χ0v) is 15.5. The molecule has 0 spiro atoms. The molecule has 1 aliphatic rings. The summed E-state index contributed by atoms with van der Waals surface area (Å²) in [5.74, 6) is 0.133. The molecule has 29 heavy (non-hydrogen) atoms. The number of amides is 2. The van der Waals surface area contributed by atoms with Crippen molar-refractivity contribution in [2.45, 2.75) is 6.92 Å². The molecule has 0 unspecified atom stereocenters. The van der Waals surface area contributed by atoms with E-state index in [1.165, 1.54) is 4.90 Å². The van der Waals surface area contributed by atoms with Gasteiger partial charge in [-0.3, -0.25) is 9.59 Å². The number of rotatable bonds is 3. The number of nitrogens with zero attached hydrogens (tertiary/aromatic N) is 3. The molecule has 5 rings (SSSR count). The third-order valence-electron chi connectivity index (χ3n) is 4.96. The van der Waals surface area contributed by atoms with Crippen LogP contribution >= 0.6 is 0 Å². The molecular weight excluding hydrogens is 366 g/mol. The van der Waals surface area contributed by atoms with Crippen molar-refractivity contribution in [1.82, 2.24) is 10.1 Å². The first-order chi connectivity index (χ1) is 14.1. The highest BCUT2D eigenvalue weighted by atomic mass is 16.5. The highest BCUT2D eigenvalue weighted by molar-refractivity contribution is 6.34. The van der Waals surface area contributed by atoms with Crippen LogP contribution in [0.3, 0.4) is 0 Å². The van der Waals surface area contributed by atoms with Gasteiger partial charge >= 0.3 is 0 Å². The van der Waals surface area contributed by atoms with E-state index in [1.807, 2.05) is 31.2 Å². The molecule has 0 atom stereocenters. The summed E-state index contributed by atoms with van der Waals surface area (Å²) in [6.45, 7) is 1.98. The monoisotopic (exact) mass is 381 g/mol. The lowest BCUT2D eigenvalue weighted by atomic mass is 10.1. The average molecular weight is 381 g/mol. The Bertz CT molecular complexity index is 1240. The topological polar surface area (TPSA) is 76.3 Å². The molecule has 1 aromatic heterocycles. The van der Waals surface area contributed by atoms with Gasteiger partial charge in [0, 0.05) is 11.1 Å². The summed E-state index contributed by atoms with van der Waals surface area (Å²) < 4.78 is 5.44. The van der Waals surface area contributed by atoms with Gasteiger partial charge in [-0.2, -0.15) is 4.98 Å². The van der Waals surface area contributed by atoms with Gasteiger partial charge in [0.25, 0.3) is 17.7 Å². The number of anilines is 1. The van der Waals surface area contributed by atoms with Crippen LogP contribution < -0.4 is 4.90 Å².